The topological polar surface area (TPSA) is 93.7 Å². The highest BCUT2D eigenvalue weighted by Gasteiger charge is 2.32. The van der Waals surface area contributed by atoms with Crippen LogP contribution in [0.3, 0.4) is 0 Å². The lowest BCUT2D eigenvalue weighted by Crippen LogP contribution is -2.40. The van der Waals surface area contributed by atoms with Crippen LogP contribution >= 0.6 is 0 Å². The monoisotopic (exact) mass is 262 g/mol. The van der Waals surface area contributed by atoms with Crippen molar-refractivity contribution in [2.45, 2.75) is 12.5 Å². The van der Waals surface area contributed by atoms with E-state index in [1.165, 1.54) is 6.07 Å². The molecule has 1 saturated heterocycles. The van der Waals surface area contributed by atoms with Gasteiger partial charge in [0, 0.05) is 5.56 Å². The highest BCUT2D eigenvalue weighted by atomic mass is 16.7. The third-order valence-electron chi connectivity index (χ3n) is 2.91. The van der Waals surface area contributed by atoms with Gasteiger partial charge in [-0.25, -0.2) is 0 Å². The van der Waals surface area contributed by atoms with Crippen LogP contribution in [0.4, 0.5) is 0 Å². The molecule has 7 nitrogen and oxygen atoms in total. The fourth-order valence-electron chi connectivity index (χ4n) is 1.95. The summed E-state index contributed by atoms with van der Waals surface area (Å²) in [5.41, 5.74) is 0.344. The van der Waals surface area contributed by atoms with Crippen molar-refractivity contribution < 1.29 is 23.9 Å². The zero-order valence-electron chi connectivity index (χ0n) is 9.76. The van der Waals surface area contributed by atoms with Gasteiger partial charge in [0.1, 0.15) is 6.04 Å². The predicted molar refractivity (Wildman–Crippen MR) is 61.6 cm³/mol. The summed E-state index contributed by atoms with van der Waals surface area (Å²) in [6.07, 6.45) is -0.0326. The van der Waals surface area contributed by atoms with Gasteiger partial charge in [0.15, 0.2) is 11.5 Å². The third-order valence-corrected chi connectivity index (χ3v) is 2.91. The largest absolute Gasteiger partial charge is 0.454 e. The van der Waals surface area contributed by atoms with E-state index < -0.39 is 17.9 Å². The first kappa shape index (κ1) is 11.5. The maximum Gasteiger partial charge on any atom is 0.252 e. The molecule has 1 aromatic carbocycles. The number of carbonyl (C=O) groups excluding carboxylic acids is 3. The summed E-state index contributed by atoms with van der Waals surface area (Å²) in [7, 11) is 0. The molecule has 0 radical (unpaired) electrons. The van der Waals surface area contributed by atoms with Crippen LogP contribution in [-0.4, -0.2) is 30.6 Å². The number of amides is 3. The Kier molecular flexibility index (Phi) is 2.59. The molecular formula is C12H10N2O5. The molecule has 3 rings (SSSR count). The lowest BCUT2D eigenvalue weighted by atomic mass is 10.1. The Morgan fingerprint density at radius 2 is 2.05 bits per heavy atom. The molecule has 98 valence electrons. The van der Waals surface area contributed by atoms with Crippen LogP contribution in [0.25, 0.3) is 0 Å². The second-order valence-electron chi connectivity index (χ2n) is 4.21. The smallest absolute Gasteiger partial charge is 0.252 e. The van der Waals surface area contributed by atoms with E-state index in [1.807, 2.05) is 0 Å². The first-order valence-corrected chi connectivity index (χ1v) is 5.68. The van der Waals surface area contributed by atoms with E-state index in [2.05, 4.69) is 10.6 Å². The lowest BCUT2D eigenvalue weighted by molar-refractivity contribution is -0.125. The average Bonchev–Trinajstić information content (AvgIpc) is 2.95. The summed E-state index contributed by atoms with van der Waals surface area (Å²) in [5.74, 6) is -0.252. The molecule has 0 aromatic heterocycles. The summed E-state index contributed by atoms with van der Waals surface area (Å²) in [6.45, 7) is 0.125. The first-order valence-electron chi connectivity index (χ1n) is 5.68. The van der Waals surface area contributed by atoms with Crippen molar-refractivity contribution in [1.29, 1.82) is 0 Å². The van der Waals surface area contributed by atoms with E-state index in [0.29, 0.717) is 17.1 Å². The molecule has 2 heterocycles. The first-order chi connectivity index (χ1) is 9.13. The van der Waals surface area contributed by atoms with Gasteiger partial charge < -0.3 is 14.8 Å². The Hall–Kier alpha value is -2.57. The lowest BCUT2D eigenvalue weighted by Gasteiger charge is -2.09. The van der Waals surface area contributed by atoms with Crippen molar-refractivity contribution >= 4 is 17.7 Å². The molecular weight excluding hydrogens is 252 g/mol. The van der Waals surface area contributed by atoms with E-state index in [1.54, 1.807) is 12.1 Å². The highest BCUT2D eigenvalue weighted by molar-refractivity contribution is 6.08. The minimum absolute atomic E-state index is 0.0326. The van der Waals surface area contributed by atoms with Crippen LogP contribution in [0.5, 0.6) is 11.5 Å². The van der Waals surface area contributed by atoms with Crippen molar-refractivity contribution in [2.75, 3.05) is 6.79 Å². The standard InChI is InChI=1S/C12H10N2O5/c15-10-4-7(12(17)14-10)13-11(16)6-1-2-8-9(3-6)19-5-18-8/h1-3,7H,4-5H2,(H,13,16)(H,14,15,17). The summed E-state index contributed by atoms with van der Waals surface area (Å²) in [5, 5.41) is 4.63. The summed E-state index contributed by atoms with van der Waals surface area (Å²) < 4.78 is 10.3. The van der Waals surface area contributed by atoms with E-state index in [4.69, 9.17) is 9.47 Å². The number of ether oxygens (including phenoxy) is 2. The van der Waals surface area contributed by atoms with E-state index in [0.717, 1.165) is 0 Å². The van der Waals surface area contributed by atoms with Crippen molar-refractivity contribution in [3.05, 3.63) is 23.8 Å². The second kappa shape index (κ2) is 4.27. The maximum absolute atomic E-state index is 12.0. The number of benzene rings is 1. The third kappa shape index (κ3) is 2.10. The van der Waals surface area contributed by atoms with Crippen LogP contribution in [-0.2, 0) is 9.59 Å². The van der Waals surface area contributed by atoms with Crippen LogP contribution in [0.1, 0.15) is 16.8 Å². The van der Waals surface area contributed by atoms with Crippen molar-refractivity contribution in [1.82, 2.24) is 10.6 Å². The Morgan fingerprint density at radius 1 is 1.26 bits per heavy atom. The number of fused-ring (bicyclic) bond motifs is 1. The summed E-state index contributed by atoms with van der Waals surface area (Å²) in [4.78, 5) is 34.3. The zero-order valence-corrected chi connectivity index (χ0v) is 9.76. The summed E-state index contributed by atoms with van der Waals surface area (Å²) >= 11 is 0. The highest BCUT2D eigenvalue weighted by Crippen LogP contribution is 2.32. The Morgan fingerprint density at radius 3 is 2.79 bits per heavy atom. The number of hydrogen-bond donors (Lipinski definition) is 2. The number of imide groups is 1. The fourth-order valence-corrected chi connectivity index (χ4v) is 1.95. The van der Waals surface area contributed by atoms with E-state index >= 15 is 0 Å². The molecule has 19 heavy (non-hydrogen) atoms. The molecule has 0 spiro atoms. The maximum atomic E-state index is 12.0. The second-order valence-corrected chi connectivity index (χ2v) is 4.21. The molecule has 3 amide bonds. The Bertz CT molecular complexity index is 583. The SMILES string of the molecule is O=C1CC(NC(=O)c2ccc3c(c2)OCO3)C(=O)N1. The summed E-state index contributed by atoms with van der Waals surface area (Å²) in [6, 6.07) is 3.91. The molecule has 2 aliphatic rings. The molecule has 0 bridgehead atoms. The van der Waals surface area contributed by atoms with Gasteiger partial charge in [-0.1, -0.05) is 0 Å². The van der Waals surface area contributed by atoms with Crippen LogP contribution in [0.2, 0.25) is 0 Å². The molecule has 1 unspecified atom stereocenters. The van der Waals surface area contributed by atoms with E-state index in [-0.39, 0.29) is 19.1 Å². The normalized spacial score (nSPS) is 20.3. The molecule has 2 N–H and O–H groups in total. The molecule has 7 heteroatoms. The quantitative estimate of drug-likeness (QED) is 0.705. The molecule has 1 atom stereocenters. The van der Waals surface area contributed by atoms with Crippen LogP contribution in [0.15, 0.2) is 18.2 Å². The van der Waals surface area contributed by atoms with Gasteiger partial charge in [0.2, 0.25) is 18.6 Å². The van der Waals surface area contributed by atoms with Crippen LogP contribution in [0, 0.1) is 0 Å². The number of nitrogens with one attached hydrogen (secondary N) is 2. The fraction of sp³-hybridized carbons (Fsp3) is 0.250. The van der Waals surface area contributed by atoms with Gasteiger partial charge in [-0.05, 0) is 18.2 Å². The van der Waals surface area contributed by atoms with Crippen LogP contribution < -0.4 is 20.1 Å². The average molecular weight is 262 g/mol. The van der Waals surface area contributed by atoms with Gasteiger partial charge in [-0.15, -0.1) is 0 Å². The Labute approximate surface area is 107 Å². The minimum Gasteiger partial charge on any atom is -0.454 e. The Balaban J connectivity index is 1.74. The molecule has 0 aliphatic carbocycles. The van der Waals surface area contributed by atoms with Gasteiger partial charge >= 0.3 is 0 Å². The molecule has 1 aromatic rings. The number of carbonyl (C=O) groups is 3. The number of rotatable bonds is 2. The van der Waals surface area contributed by atoms with Crippen molar-refractivity contribution in [2.24, 2.45) is 0 Å². The van der Waals surface area contributed by atoms with Gasteiger partial charge in [-0.2, -0.15) is 0 Å². The van der Waals surface area contributed by atoms with Gasteiger partial charge in [0.25, 0.3) is 5.91 Å². The molecule has 2 aliphatic heterocycles. The zero-order chi connectivity index (χ0) is 13.4. The van der Waals surface area contributed by atoms with Crippen molar-refractivity contribution in [3.63, 3.8) is 0 Å². The minimum atomic E-state index is -0.814. The van der Waals surface area contributed by atoms with E-state index in [9.17, 15) is 14.4 Å². The molecule has 0 saturated carbocycles. The van der Waals surface area contributed by atoms with Gasteiger partial charge in [0.05, 0.1) is 6.42 Å². The van der Waals surface area contributed by atoms with Crippen molar-refractivity contribution in [3.8, 4) is 11.5 Å². The molecule has 1 fully saturated rings. The number of hydrogen-bond acceptors (Lipinski definition) is 5. The van der Waals surface area contributed by atoms with Gasteiger partial charge in [-0.3, -0.25) is 19.7 Å². The predicted octanol–water partition coefficient (Wildman–Crippen LogP) is -0.440.